The standard InChI is InChI=1S/C31H31BrN4O3S/c1-3-4-18-38-29(37)27-21(2)33-30-34-31(40-20-23-8-6-5-7-9-23)35-36(30)28(27)24-12-16-26(17-13-24)39-19-22-10-14-25(32)15-11-22/h5-17,28H,3-4,18-20H2,1-2H3,(H,33,34,35). The van der Waals surface area contributed by atoms with Crippen LogP contribution in [0.25, 0.3) is 0 Å². The summed E-state index contributed by atoms with van der Waals surface area (Å²) in [6, 6.07) is 25.6. The van der Waals surface area contributed by atoms with E-state index in [0.29, 0.717) is 35.6 Å². The summed E-state index contributed by atoms with van der Waals surface area (Å²) >= 11 is 5.02. The number of fused-ring (bicyclic) bond motifs is 1. The van der Waals surface area contributed by atoms with Gasteiger partial charge >= 0.3 is 5.97 Å². The zero-order valence-electron chi connectivity index (χ0n) is 22.5. The van der Waals surface area contributed by atoms with Crippen molar-refractivity contribution in [2.45, 2.75) is 50.2 Å². The number of allylic oxidation sites excluding steroid dienone is 1. The fraction of sp³-hybridized carbons (Fsp3) is 0.258. The molecule has 3 aromatic carbocycles. The largest absolute Gasteiger partial charge is 0.489 e. The van der Waals surface area contributed by atoms with Crippen LogP contribution < -0.4 is 10.1 Å². The Morgan fingerprint density at radius 1 is 1.02 bits per heavy atom. The van der Waals surface area contributed by atoms with Crippen LogP contribution in [0, 0.1) is 0 Å². The molecule has 0 fully saturated rings. The Morgan fingerprint density at radius 2 is 1.77 bits per heavy atom. The summed E-state index contributed by atoms with van der Waals surface area (Å²) in [5.74, 6) is 1.74. The SMILES string of the molecule is CCCCOC(=O)C1=C(C)Nc2nc(SCc3ccccc3)nn2C1c1ccc(OCc2ccc(Br)cc2)cc1. The highest BCUT2D eigenvalue weighted by Crippen LogP contribution is 2.37. The molecule has 0 saturated carbocycles. The van der Waals surface area contributed by atoms with Crippen LogP contribution in [0.2, 0.25) is 0 Å². The summed E-state index contributed by atoms with van der Waals surface area (Å²) in [6.45, 7) is 4.79. The summed E-state index contributed by atoms with van der Waals surface area (Å²) in [4.78, 5) is 18.1. The maximum absolute atomic E-state index is 13.3. The maximum Gasteiger partial charge on any atom is 0.338 e. The fourth-order valence-corrected chi connectivity index (χ4v) is 5.42. The number of halogens is 1. The van der Waals surface area contributed by atoms with Gasteiger partial charge in [-0.2, -0.15) is 4.98 Å². The molecule has 40 heavy (non-hydrogen) atoms. The molecule has 0 saturated heterocycles. The number of aromatic nitrogens is 3. The predicted octanol–water partition coefficient (Wildman–Crippen LogP) is 7.54. The zero-order chi connectivity index (χ0) is 27.9. The molecule has 0 spiro atoms. The number of carbonyl (C=O) groups excluding carboxylic acids is 1. The molecule has 1 unspecified atom stereocenters. The molecule has 206 valence electrons. The lowest BCUT2D eigenvalue weighted by Crippen LogP contribution is -2.29. The normalized spacial score (nSPS) is 14.4. The van der Waals surface area contributed by atoms with E-state index in [4.69, 9.17) is 19.6 Å². The third-order valence-electron chi connectivity index (χ3n) is 6.51. The van der Waals surface area contributed by atoms with Crippen molar-refractivity contribution >= 4 is 39.6 Å². The number of esters is 1. The van der Waals surface area contributed by atoms with Gasteiger partial charge in [-0.1, -0.05) is 95.6 Å². The minimum atomic E-state index is -0.482. The van der Waals surface area contributed by atoms with Crippen LogP contribution in [0.4, 0.5) is 5.95 Å². The predicted molar refractivity (Wildman–Crippen MR) is 161 cm³/mol. The molecule has 0 amide bonds. The second kappa shape index (κ2) is 13.2. The van der Waals surface area contributed by atoms with E-state index in [1.165, 1.54) is 5.56 Å². The average molecular weight is 620 g/mol. The first kappa shape index (κ1) is 28.0. The van der Waals surface area contributed by atoms with Crippen molar-refractivity contribution in [2.24, 2.45) is 0 Å². The highest BCUT2D eigenvalue weighted by atomic mass is 79.9. The van der Waals surface area contributed by atoms with Gasteiger partial charge < -0.3 is 14.8 Å². The number of thioether (sulfide) groups is 1. The van der Waals surface area contributed by atoms with Crippen molar-refractivity contribution < 1.29 is 14.3 Å². The Hall–Kier alpha value is -3.56. The van der Waals surface area contributed by atoms with Gasteiger partial charge in [-0.3, -0.25) is 0 Å². The van der Waals surface area contributed by atoms with Gasteiger partial charge in [0.25, 0.3) is 0 Å². The average Bonchev–Trinajstić information content (AvgIpc) is 3.38. The molecule has 7 nitrogen and oxygen atoms in total. The van der Waals surface area contributed by atoms with E-state index in [0.717, 1.165) is 39.9 Å². The molecule has 0 radical (unpaired) electrons. The van der Waals surface area contributed by atoms with Gasteiger partial charge in [0.2, 0.25) is 11.1 Å². The number of hydrogen-bond donors (Lipinski definition) is 1. The Labute approximate surface area is 247 Å². The monoisotopic (exact) mass is 618 g/mol. The lowest BCUT2D eigenvalue weighted by Gasteiger charge is -2.28. The summed E-state index contributed by atoms with van der Waals surface area (Å²) in [5.41, 5.74) is 4.40. The van der Waals surface area contributed by atoms with Crippen molar-refractivity contribution in [1.29, 1.82) is 0 Å². The Bertz CT molecular complexity index is 1470. The second-order valence-corrected chi connectivity index (χ2v) is 11.3. The van der Waals surface area contributed by atoms with E-state index < -0.39 is 6.04 Å². The molecule has 1 aliphatic rings. The van der Waals surface area contributed by atoms with Crippen molar-refractivity contribution in [3.63, 3.8) is 0 Å². The van der Waals surface area contributed by atoms with E-state index in [9.17, 15) is 4.79 Å². The van der Waals surface area contributed by atoms with Crippen LogP contribution in [0.1, 0.15) is 49.4 Å². The molecule has 0 bridgehead atoms. The van der Waals surface area contributed by atoms with Crippen LogP contribution in [0.3, 0.4) is 0 Å². The third kappa shape index (κ3) is 6.77. The second-order valence-electron chi connectivity index (χ2n) is 9.48. The number of hydrogen-bond acceptors (Lipinski definition) is 7. The third-order valence-corrected chi connectivity index (χ3v) is 7.95. The molecule has 9 heteroatoms. The van der Waals surface area contributed by atoms with Crippen LogP contribution >= 0.6 is 27.7 Å². The molecule has 4 aromatic rings. The van der Waals surface area contributed by atoms with E-state index in [-0.39, 0.29) is 5.97 Å². The van der Waals surface area contributed by atoms with Crippen LogP contribution in [-0.4, -0.2) is 27.3 Å². The number of unbranched alkanes of at least 4 members (excludes halogenated alkanes) is 1. The molecule has 1 aliphatic heterocycles. The van der Waals surface area contributed by atoms with Crippen molar-refractivity contribution in [3.05, 3.63) is 111 Å². The Kier molecular flexibility index (Phi) is 9.23. The fourth-order valence-electron chi connectivity index (χ4n) is 4.37. The number of benzene rings is 3. The van der Waals surface area contributed by atoms with Gasteiger partial charge in [0.1, 0.15) is 18.4 Å². The summed E-state index contributed by atoms with van der Waals surface area (Å²) < 4.78 is 14.5. The van der Waals surface area contributed by atoms with Gasteiger partial charge in [-0.25, -0.2) is 9.48 Å². The van der Waals surface area contributed by atoms with Gasteiger partial charge in [0.05, 0.1) is 12.2 Å². The molecule has 5 rings (SSSR count). The number of ether oxygens (including phenoxy) is 2. The lowest BCUT2D eigenvalue weighted by molar-refractivity contribution is -0.139. The summed E-state index contributed by atoms with van der Waals surface area (Å²) in [5, 5.41) is 8.74. The minimum absolute atomic E-state index is 0.348. The molecule has 1 atom stereocenters. The molecule has 1 aromatic heterocycles. The quantitative estimate of drug-likeness (QED) is 0.106. The highest BCUT2D eigenvalue weighted by molar-refractivity contribution is 9.10. The summed E-state index contributed by atoms with van der Waals surface area (Å²) in [7, 11) is 0. The van der Waals surface area contributed by atoms with E-state index in [2.05, 4.69) is 40.3 Å². The highest BCUT2D eigenvalue weighted by Gasteiger charge is 2.35. The van der Waals surface area contributed by atoms with E-state index in [1.54, 1.807) is 16.4 Å². The Balaban J connectivity index is 1.40. The summed E-state index contributed by atoms with van der Waals surface area (Å²) in [6.07, 6.45) is 1.76. The number of nitrogens with zero attached hydrogens (tertiary/aromatic N) is 3. The number of carbonyl (C=O) groups is 1. The molecule has 0 aliphatic carbocycles. The lowest BCUT2D eigenvalue weighted by atomic mass is 9.96. The van der Waals surface area contributed by atoms with Crippen LogP contribution in [0.5, 0.6) is 5.75 Å². The van der Waals surface area contributed by atoms with Gasteiger partial charge in [0, 0.05) is 15.9 Å². The number of nitrogens with one attached hydrogen (secondary N) is 1. The van der Waals surface area contributed by atoms with Crippen molar-refractivity contribution in [3.8, 4) is 5.75 Å². The van der Waals surface area contributed by atoms with Crippen molar-refractivity contribution in [1.82, 2.24) is 14.8 Å². The smallest absolute Gasteiger partial charge is 0.338 e. The van der Waals surface area contributed by atoms with Gasteiger partial charge in [-0.05, 0) is 54.3 Å². The van der Waals surface area contributed by atoms with E-state index in [1.807, 2.05) is 73.7 Å². The maximum atomic E-state index is 13.3. The van der Waals surface area contributed by atoms with Crippen LogP contribution in [-0.2, 0) is 21.9 Å². The number of rotatable bonds is 11. The van der Waals surface area contributed by atoms with Gasteiger partial charge in [0.15, 0.2) is 0 Å². The minimum Gasteiger partial charge on any atom is -0.489 e. The van der Waals surface area contributed by atoms with Crippen LogP contribution in [0.15, 0.2) is 99.8 Å². The molecule has 2 heterocycles. The molecular formula is C31H31BrN4O3S. The first-order valence-electron chi connectivity index (χ1n) is 13.3. The van der Waals surface area contributed by atoms with Crippen molar-refractivity contribution in [2.75, 3.05) is 11.9 Å². The zero-order valence-corrected chi connectivity index (χ0v) is 24.9. The van der Waals surface area contributed by atoms with E-state index >= 15 is 0 Å². The molecule has 1 N–H and O–H groups in total. The topological polar surface area (TPSA) is 78.3 Å². The number of anilines is 1. The Morgan fingerprint density at radius 3 is 2.50 bits per heavy atom. The molecular weight excluding hydrogens is 588 g/mol. The first-order valence-corrected chi connectivity index (χ1v) is 15.0. The first-order chi connectivity index (χ1) is 19.5. The van der Waals surface area contributed by atoms with Gasteiger partial charge in [-0.15, -0.1) is 5.10 Å².